The van der Waals surface area contributed by atoms with Gasteiger partial charge in [-0.2, -0.15) is 0 Å². The molecule has 11 rings (SSSR count). The highest BCUT2D eigenvalue weighted by molar-refractivity contribution is 6.36. The zero-order chi connectivity index (χ0) is 37.8. The van der Waals surface area contributed by atoms with E-state index in [1.54, 1.807) is 0 Å². The molecule has 1 aliphatic rings. The van der Waals surface area contributed by atoms with Crippen molar-refractivity contribution in [3.63, 3.8) is 0 Å². The topological polar surface area (TPSA) is 9.86 Å². The molecular weight excluding hydrogens is 677 g/mol. The fraction of sp³-hybridized carbons (Fsp3) is 0.148. The van der Waals surface area contributed by atoms with E-state index in [0.717, 1.165) is 5.69 Å². The molecule has 0 bridgehead atoms. The number of aromatic nitrogens is 2. The highest BCUT2D eigenvalue weighted by Gasteiger charge is 2.38. The minimum atomic E-state index is 0.0902. The maximum atomic E-state index is 2.58. The van der Waals surface area contributed by atoms with Gasteiger partial charge in [0.1, 0.15) is 0 Å². The quantitative estimate of drug-likeness (QED) is 0.171. The molecule has 0 fully saturated rings. The van der Waals surface area contributed by atoms with Gasteiger partial charge in [-0.15, -0.1) is 0 Å². The Morgan fingerprint density at radius 2 is 0.768 bits per heavy atom. The van der Waals surface area contributed by atoms with Crippen molar-refractivity contribution in [3.8, 4) is 33.6 Å². The molecule has 1 aliphatic carbocycles. The van der Waals surface area contributed by atoms with Gasteiger partial charge < -0.3 is 9.13 Å². The van der Waals surface area contributed by atoms with Crippen LogP contribution >= 0.6 is 0 Å². The van der Waals surface area contributed by atoms with Crippen LogP contribution in [0.4, 0.5) is 0 Å². The van der Waals surface area contributed by atoms with E-state index in [0.29, 0.717) is 0 Å². The Kier molecular flexibility index (Phi) is 7.11. The number of benzene rings is 8. The third-order valence-electron chi connectivity index (χ3n) is 13.0. The molecule has 56 heavy (non-hydrogen) atoms. The molecule has 0 radical (unpaired) electrons. The standard InChI is InChI=1S/C54H44N2/c1-53(2)31-32-54(3,4)46-34-48-44(33-45(46)53)50-42-20-12-11-19-41(42)49-43-21-13-14-22-47(43)55(51(49)52(50)56(48)39-17-9-6-10-18-39)40-29-27-38(28-30-40)37-25-23-36(24-26-37)35-15-7-5-8-16-35/h5-30,33-34H,31-32H2,1-4H3. The lowest BCUT2D eigenvalue weighted by molar-refractivity contribution is 0.332. The fourth-order valence-electron chi connectivity index (χ4n) is 9.90. The molecule has 0 atom stereocenters. The predicted molar refractivity (Wildman–Crippen MR) is 239 cm³/mol. The summed E-state index contributed by atoms with van der Waals surface area (Å²) in [5.74, 6) is 0. The van der Waals surface area contributed by atoms with E-state index in [4.69, 9.17) is 0 Å². The molecule has 0 spiro atoms. The summed E-state index contributed by atoms with van der Waals surface area (Å²) in [5, 5.41) is 7.83. The molecule has 2 heteroatoms. The summed E-state index contributed by atoms with van der Waals surface area (Å²) in [4.78, 5) is 0. The SMILES string of the molecule is CC1(C)CCC(C)(C)c2cc3c(cc21)c1c2ccccc2c2c4ccccc4n(-c4ccc(-c5ccc(-c6ccccc6)cc5)cc4)c2c1n3-c1ccccc1. The van der Waals surface area contributed by atoms with Gasteiger partial charge in [-0.05, 0) is 110 Å². The van der Waals surface area contributed by atoms with Gasteiger partial charge >= 0.3 is 0 Å². The molecule has 0 saturated carbocycles. The predicted octanol–water partition coefficient (Wildman–Crippen LogP) is 14.7. The monoisotopic (exact) mass is 720 g/mol. The van der Waals surface area contributed by atoms with Crippen molar-refractivity contribution in [1.82, 2.24) is 9.13 Å². The van der Waals surface area contributed by atoms with Crippen molar-refractivity contribution in [2.24, 2.45) is 0 Å². The Bertz CT molecular complexity index is 3140. The summed E-state index contributed by atoms with van der Waals surface area (Å²) in [5.41, 5.74) is 15.4. The van der Waals surface area contributed by atoms with E-state index in [9.17, 15) is 0 Å². The van der Waals surface area contributed by atoms with Crippen LogP contribution in [-0.4, -0.2) is 9.13 Å². The number of rotatable bonds is 4. The van der Waals surface area contributed by atoms with Gasteiger partial charge in [-0.25, -0.2) is 0 Å². The molecular formula is C54H44N2. The molecule has 270 valence electrons. The molecule has 2 heterocycles. The number of hydrogen-bond acceptors (Lipinski definition) is 0. The fourth-order valence-corrected chi connectivity index (χ4v) is 9.90. The van der Waals surface area contributed by atoms with E-state index in [2.05, 4.69) is 207 Å². The first-order valence-corrected chi connectivity index (χ1v) is 20.1. The van der Waals surface area contributed by atoms with E-state index >= 15 is 0 Å². The lowest BCUT2D eigenvalue weighted by Gasteiger charge is -2.42. The minimum absolute atomic E-state index is 0.0902. The number of fused-ring (bicyclic) bond motifs is 11. The van der Waals surface area contributed by atoms with Crippen molar-refractivity contribution < 1.29 is 0 Å². The Morgan fingerprint density at radius 3 is 1.36 bits per heavy atom. The smallest absolute Gasteiger partial charge is 0.0795 e. The summed E-state index contributed by atoms with van der Waals surface area (Å²) >= 11 is 0. The maximum absolute atomic E-state index is 2.58. The van der Waals surface area contributed by atoms with Gasteiger partial charge in [-0.3, -0.25) is 0 Å². The summed E-state index contributed by atoms with van der Waals surface area (Å²) in [6, 6.07) is 63.0. The van der Waals surface area contributed by atoms with Gasteiger partial charge in [0, 0.05) is 32.9 Å². The third-order valence-corrected chi connectivity index (χ3v) is 13.0. The van der Waals surface area contributed by atoms with E-state index < -0.39 is 0 Å². The molecule has 0 unspecified atom stereocenters. The van der Waals surface area contributed by atoms with Crippen LogP contribution in [0.25, 0.3) is 88.0 Å². The van der Waals surface area contributed by atoms with E-state index in [-0.39, 0.29) is 10.8 Å². The molecule has 10 aromatic rings. The Hall–Kier alpha value is -6.38. The van der Waals surface area contributed by atoms with E-state index in [1.807, 2.05) is 0 Å². The molecule has 0 saturated heterocycles. The summed E-state index contributed by atoms with van der Waals surface area (Å²) in [6.07, 6.45) is 2.36. The Morgan fingerprint density at radius 1 is 0.357 bits per heavy atom. The number of para-hydroxylation sites is 2. The lowest BCUT2D eigenvalue weighted by atomic mass is 9.63. The average Bonchev–Trinajstić information content (AvgIpc) is 3.77. The first-order valence-electron chi connectivity index (χ1n) is 20.1. The number of hydrogen-bond donors (Lipinski definition) is 0. The largest absolute Gasteiger partial charge is 0.307 e. The van der Waals surface area contributed by atoms with Crippen LogP contribution < -0.4 is 0 Å². The van der Waals surface area contributed by atoms with Crippen LogP contribution in [0.5, 0.6) is 0 Å². The summed E-state index contributed by atoms with van der Waals surface area (Å²) < 4.78 is 5.11. The van der Waals surface area contributed by atoms with Crippen molar-refractivity contribution >= 4 is 54.4 Å². The molecule has 2 aromatic heterocycles. The van der Waals surface area contributed by atoms with Crippen LogP contribution in [0.1, 0.15) is 51.7 Å². The summed E-state index contributed by atoms with van der Waals surface area (Å²) in [6.45, 7) is 9.77. The first kappa shape index (κ1) is 33.0. The van der Waals surface area contributed by atoms with Crippen molar-refractivity contribution in [2.45, 2.75) is 51.4 Å². The van der Waals surface area contributed by atoms with Crippen molar-refractivity contribution in [1.29, 1.82) is 0 Å². The van der Waals surface area contributed by atoms with Gasteiger partial charge in [0.2, 0.25) is 0 Å². The third kappa shape index (κ3) is 4.81. The normalized spacial score (nSPS) is 14.9. The molecule has 0 aliphatic heterocycles. The van der Waals surface area contributed by atoms with Crippen LogP contribution in [0.3, 0.4) is 0 Å². The Balaban J connectivity index is 1.25. The number of nitrogens with zero attached hydrogens (tertiary/aromatic N) is 2. The maximum Gasteiger partial charge on any atom is 0.0795 e. The molecule has 0 N–H and O–H groups in total. The molecule has 8 aromatic carbocycles. The Labute approximate surface area is 328 Å². The van der Waals surface area contributed by atoms with Crippen LogP contribution in [0.2, 0.25) is 0 Å². The zero-order valence-electron chi connectivity index (χ0n) is 32.5. The lowest BCUT2D eigenvalue weighted by Crippen LogP contribution is -2.33. The summed E-state index contributed by atoms with van der Waals surface area (Å²) in [7, 11) is 0. The second kappa shape index (κ2) is 12.1. The van der Waals surface area contributed by atoms with Gasteiger partial charge in [-0.1, -0.05) is 155 Å². The van der Waals surface area contributed by atoms with Crippen LogP contribution in [-0.2, 0) is 10.8 Å². The van der Waals surface area contributed by atoms with E-state index in [1.165, 1.54) is 106 Å². The van der Waals surface area contributed by atoms with Crippen LogP contribution in [0.15, 0.2) is 170 Å². The second-order valence-corrected chi connectivity index (χ2v) is 17.2. The second-order valence-electron chi connectivity index (χ2n) is 17.2. The molecule has 0 amide bonds. The highest BCUT2D eigenvalue weighted by atomic mass is 15.0. The zero-order valence-corrected chi connectivity index (χ0v) is 32.5. The highest BCUT2D eigenvalue weighted by Crippen LogP contribution is 2.51. The van der Waals surface area contributed by atoms with Crippen LogP contribution in [0, 0.1) is 0 Å². The van der Waals surface area contributed by atoms with Crippen molar-refractivity contribution in [2.75, 3.05) is 0 Å². The van der Waals surface area contributed by atoms with Gasteiger partial charge in [0.15, 0.2) is 0 Å². The van der Waals surface area contributed by atoms with Gasteiger partial charge in [0.05, 0.1) is 22.1 Å². The first-order chi connectivity index (χ1) is 27.3. The minimum Gasteiger partial charge on any atom is -0.307 e. The van der Waals surface area contributed by atoms with Crippen molar-refractivity contribution in [3.05, 3.63) is 181 Å². The average molecular weight is 721 g/mol. The molecule has 2 nitrogen and oxygen atoms in total. The van der Waals surface area contributed by atoms with Gasteiger partial charge in [0.25, 0.3) is 0 Å².